The molecule has 0 aromatic carbocycles. The highest BCUT2D eigenvalue weighted by atomic mass is 79.9. The van der Waals surface area contributed by atoms with Gasteiger partial charge in [-0.2, -0.15) is 0 Å². The molecule has 0 radical (unpaired) electrons. The van der Waals surface area contributed by atoms with Gasteiger partial charge in [0.2, 0.25) is 0 Å². The van der Waals surface area contributed by atoms with Crippen LogP contribution in [0.15, 0.2) is 34.8 Å². The van der Waals surface area contributed by atoms with Gasteiger partial charge in [-0.05, 0) is 58.6 Å². The highest BCUT2D eigenvalue weighted by Crippen LogP contribution is 2.45. The minimum Gasteiger partial charge on any atom is -0.139 e. The Kier molecular flexibility index (Phi) is 4.69. The molecule has 0 spiro atoms. The third kappa shape index (κ3) is 3.19. The zero-order valence-electron chi connectivity index (χ0n) is 12.3. The maximum absolute atomic E-state index is 3.74. The van der Waals surface area contributed by atoms with Crippen LogP contribution in [0.1, 0.15) is 36.4 Å². The molecule has 0 atom stereocenters. The minimum absolute atomic E-state index is 0.607. The number of aryl methyl sites for hydroxylation is 1. The number of rotatable bonds is 4. The zero-order valence-corrected chi connectivity index (χ0v) is 16.3. The molecule has 21 heavy (non-hydrogen) atoms. The Hall–Kier alpha value is -0.420. The normalized spacial score (nSPS) is 11.5. The fraction of sp³-hybridized carbons (Fsp3) is 0.294. The number of hydrogen-bond acceptors (Lipinski definition) is 3. The van der Waals surface area contributed by atoms with E-state index in [1.165, 1.54) is 33.7 Å². The second kappa shape index (κ2) is 6.37. The first-order chi connectivity index (χ1) is 10.1. The molecule has 0 saturated carbocycles. The maximum Gasteiger partial charge on any atom is 0.0591 e. The van der Waals surface area contributed by atoms with E-state index in [1.807, 2.05) is 34.0 Å². The van der Waals surface area contributed by atoms with Gasteiger partial charge in [0.1, 0.15) is 0 Å². The van der Waals surface area contributed by atoms with Gasteiger partial charge in [0, 0.05) is 28.9 Å². The van der Waals surface area contributed by atoms with Gasteiger partial charge in [0.25, 0.3) is 0 Å². The quantitative estimate of drug-likeness (QED) is 0.424. The summed E-state index contributed by atoms with van der Waals surface area (Å²) in [5, 5.41) is 0. The summed E-state index contributed by atoms with van der Waals surface area (Å²) in [6, 6.07) is 11.3. The molecular weight excluding hydrogens is 380 g/mol. The molecule has 0 nitrogen and oxygen atoms in total. The Morgan fingerprint density at radius 1 is 0.952 bits per heavy atom. The average molecular weight is 397 g/mol. The predicted octanol–water partition coefficient (Wildman–Crippen LogP) is 7.65. The Bertz CT molecular complexity index is 746. The fourth-order valence-electron chi connectivity index (χ4n) is 2.14. The summed E-state index contributed by atoms with van der Waals surface area (Å²) in [7, 11) is 0. The molecule has 0 aliphatic heterocycles. The van der Waals surface area contributed by atoms with Crippen molar-refractivity contribution in [2.24, 2.45) is 0 Å². The predicted molar refractivity (Wildman–Crippen MR) is 102 cm³/mol. The molecule has 0 unspecified atom stereocenters. The standard InChI is InChI=1S/C17H17BrS3/c1-4-11-5-6-15(19-11)17-12(18)9-16(21-17)14-8-7-13(20-14)10(2)3/h5-10H,4H2,1-3H3. The molecule has 0 saturated heterocycles. The molecule has 110 valence electrons. The summed E-state index contributed by atoms with van der Waals surface area (Å²) in [6.07, 6.45) is 1.11. The molecular formula is C17H17BrS3. The van der Waals surface area contributed by atoms with E-state index in [0.717, 1.165) is 6.42 Å². The molecule has 0 N–H and O–H groups in total. The number of halogens is 1. The van der Waals surface area contributed by atoms with Crippen molar-refractivity contribution >= 4 is 49.9 Å². The summed E-state index contributed by atoms with van der Waals surface area (Å²) < 4.78 is 1.21. The van der Waals surface area contributed by atoms with Crippen molar-refractivity contribution in [1.82, 2.24) is 0 Å². The first-order valence-corrected chi connectivity index (χ1v) is 10.3. The highest BCUT2D eigenvalue weighted by molar-refractivity contribution is 9.10. The van der Waals surface area contributed by atoms with Crippen molar-refractivity contribution in [1.29, 1.82) is 0 Å². The topological polar surface area (TPSA) is 0 Å². The van der Waals surface area contributed by atoms with Crippen LogP contribution in [0.25, 0.3) is 19.5 Å². The van der Waals surface area contributed by atoms with Gasteiger partial charge in [-0.3, -0.25) is 0 Å². The van der Waals surface area contributed by atoms with Crippen molar-refractivity contribution in [3.63, 3.8) is 0 Å². The van der Waals surface area contributed by atoms with Crippen molar-refractivity contribution in [2.75, 3.05) is 0 Å². The smallest absolute Gasteiger partial charge is 0.0591 e. The summed E-state index contributed by atoms with van der Waals surface area (Å²) in [5.74, 6) is 0.607. The van der Waals surface area contributed by atoms with Gasteiger partial charge in [0.15, 0.2) is 0 Å². The van der Waals surface area contributed by atoms with Crippen LogP contribution in [0.4, 0.5) is 0 Å². The summed E-state index contributed by atoms with van der Waals surface area (Å²) in [6.45, 7) is 6.72. The van der Waals surface area contributed by atoms with Crippen LogP contribution in [0.3, 0.4) is 0 Å². The largest absolute Gasteiger partial charge is 0.139 e. The minimum atomic E-state index is 0.607. The van der Waals surface area contributed by atoms with E-state index < -0.39 is 0 Å². The fourth-order valence-corrected chi connectivity index (χ4v) is 6.33. The van der Waals surface area contributed by atoms with Crippen LogP contribution >= 0.6 is 49.9 Å². The first kappa shape index (κ1) is 15.5. The lowest BCUT2D eigenvalue weighted by molar-refractivity contribution is 0.890. The second-order valence-electron chi connectivity index (χ2n) is 5.26. The monoisotopic (exact) mass is 396 g/mol. The highest BCUT2D eigenvalue weighted by Gasteiger charge is 2.14. The third-order valence-corrected chi connectivity index (χ3v) is 8.37. The maximum atomic E-state index is 3.74. The number of thiophene rings is 3. The molecule has 3 aromatic rings. The third-order valence-electron chi connectivity index (χ3n) is 3.36. The number of hydrogen-bond donors (Lipinski definition) is 0. The Morgan fingerprint density at radius 3 is 2.33 bits per heavy atom. The lowest BCUT2D eigenvalue weighted by Crippen LogP contribution is -1.77. The molecule has 3 heterocycles. The van der Waals surface area contributed by atoms with Crippen LogP contribution in [0, 0.1) is 0 Å². The van der Waals surface area contributed by atoms with Gasteiger partial charge in [-0.15, -0.1) is 34.0 Å². The molecule has 0 bridgehead atoms. The lowest BCUT2D eigenvalue weighted by atomic mass is 10.2. The van der Waals surface area contributed by atoms with Crippen molar-refractivity contribution < 1.29 is 0 Å². The van der Waals surface area contributed by atoms with Gasteiger partial charge in [-0.1, -0.05) is 20.8 Å². The van der Waals surface area contributed by atoms with Gasteiger partial charge >= 0.3 is 0 Å². The van der Waals surface area contributed by atoms with E-state index >= 15 is 0 Å². The van der Waals surface area contributed by atoms with E-state index in [1.54, 1.807) is 0 Å². The average Bonchev–Trinajstić information content (AvgIpc) is 3.16. The van der Waals surface area contributed by atoms with Gasteiger partial charge in [0.05, 0.1) is 4.88 Å². The molecule has 3 rings (SSSR count). The molecule has 4 heteroatoms. The van der Waals surface area contributed by atoms with Crippen LogP contribution in [0.5, 0.6) is 0 Å². The van der Waals surface area contributed by atoms with Crippen LogP contribution in [0.2, 0.25) is 0 Å². The summed E-state index contributed by atoms with van der Waals surface area (Å²) >= 11 is 9.44. The van der Waals surface area contributed by atoms with Crippen molar-refractivity contribution in [3.05, 3.63) is 44.6 Å². The van der Waals surface area contributed by atoms with Crippen LogP contribution in [-0.4, -0.2) is 0 Å². The summed E-state index contributed by atoms with van der Waals surface area (Å²) in [4.78, 5) is 8.37. The second-order valence-corrected chi connectivity index (χ2v) is 9.45. The van der Waals surface area contributed by atoms with E-state index in [-0.39, 0.29) is 0 Å². The van der Waals surface area contributed by atoms with Gasteiger partial charge in [-0.25, -0.2) is 0 Å². The van der Waals surface area contributed by atoms with Gasteiger partial charge < -0.3 is 0 Å². The van der Waals surface area contributed by atoms with E-state index in [4.69, 9.17) is 0 Å². The summed E-state index contributed by atoms with van der Waals surface area (Å²) in [5.41, 5.74) is 0. The Morgan fingerprint density at radius 2 is 1.71 bits per heavy atom. The van der Waals surface area contributed by atoms with Crippen LogP contribution in [-0.2, 0) is 6.42 Å². The SMILES string of the molecule is CCc1ccc(-c2sc(-c3ccc(C(C)C)s3)cc2Br)s1. The Balaban J connectivity index is 1.96. The van der Waals surface area contributed by atoms with Crippen LogP contribution < -0.4 is 0 Å². The molecule has 3 aromatic heterocycles. The van der Waals surface area contributed by atoms with Crippen molar-refractivity contribution in [2.45, 2.75) is 33.1 Å². The molecule has 0 aliphatic carbocycles. The molecule has 0 amide bonds. The Labute approximate surface area is 146 Å². The van der Waals surface area contributed by atoms with E-state index in [2.05, 4.69) is 67.0 Å². The first-order valence-electron chi connectivity index (χ1n) is 7.07. The van der Waals surface area contributed by atoms with E-state index in [9.17, 15) is 0 Å². The van der Waals surface area contributed by atoms with E-state index in [0.29, 0.717) is 5.92 Å². The molecule has 0 aliphatic rings. The zero-order chi connectivity index (χ0) is 15.0. The lowest BCUT2D eigenvalue weighted by Gasteiger charge is -1.97. The van der Waals surface area contributed by atoms with Crippen molar-refractivity contribution in [3.8, 4) is 19.5 Å². The molecule has 0 fully saturated rings.